The lowest BCUT2D eigenvalue weighted by Gasteiger charge is -2.07. The topological polar surface area (TPSA) is 97.1 Å². The first-order valence-electron chi connectivity index (χ1n) is 9.36. The fourth-order valence-corrected chi connectivity index (χ4v) is 2.88. The Bertz CT molecular complexity index is 1030. The van der Waals surface area contributed by atoms with Gasteiger partial charge >= 0.3 is 0 Å². The monoisotopic (exact) mass is 410 g/mol. The van der Waals surface area contributed by atoms with Gasteiger partial charge in [0.05, 0.1) is 0 Å². The van der Waals surface area contributed by atoms with Gasteiger partial charge in [-0.1, -0.05) is 22.8 Å². The van der Waals surface area contributed by atoms with Gasteiger partial charge in [0.15, 0.2) is 0 Å². The summed E-state index contributed by atoms with van der Waals surface area (Å²) in [4.78, 5) is 28.7. The summed E-state index contributed by atoms with van der Waals surface area (Å²) in [5.74, 6) is 0.509. The molecule has 8 heteroatoms. The third-order valence-electron chi connectivity index (χ3n) is 4.46. The molecule has 0 aliphatic heterocycles. The van der Waals surface area contributed by atoms with Crippen LogP contribution < -0.4 is 10.6 Å². The van der Waals surface area contributed by atoms with Crippen molar-refractivity contribution in [1.82, 2.24) is 15.5 Å². The second-order valence-corrected chi connectivity index (χ2v) is 7.33. The van der Waals surface area contributed by atoms with Gasteiger partial charge in [-0.05, 0) is 55.3 Å². The zero-order valence-corrected chi connectivity index (χ0v) is 16.3. The van der Waals surface area contributed by atoms with Crippen molar-refractivity contribution in [3.05, 3.63) is 65.0 Å². The summed E-state index contributed by atoms with van der Waals surface area (Å²) in [6.07, 6.45) is 2.55. The van der Waals surface area contributed by atoms with Crippen molar-refractivity contribution in [2.75, 3.05) is 5.32 Å². The summed E-state index contributed by atoms with van der Waals surface area (Å²) in [6.45, 7) is 0. The van der Waals surface area contributed by atoms with E-state index in [9.17, 15) is 9.59 Å². The fraction of sp³-hybridized carbons (Fsp3) is 0.238. The molecule has 0 spiro atoms. The first-order chi connectivity index (χ1) is 14.1. The Kier molecular flexibility index (Phi) is 5.57. The van der Waals surface area contributed by atoms with E-state index in [1.807, 2.05) is 0 Å². The maximum absolute atomic E-state index is 12.3. The van der Waals surface area contributed by atoms with Gasteiger partial charge in [0.2, 0.25) is 17.6 Å². The number of anilines is 1. The quantitative estimate of drug-likeness (QED) is 0.616. The van der Waals surface area contributed by atoms with Crippen LogP contribution in [0.1, 0.15) is 35.5 Å². The van der Waals surface area contributed by atoms with Crippen LogP contribution in [0, 0.1) is 0 Å². The number of carbonyl (C=O) groups excluding carboxylic acids is 2. The molecular weight excluding hydrogens is 392 g/mol. The van der Waals surface area contributed by atoms with E-state index in [2.05, 4.69) is 20.8 Å². The molecule has 4 rings (SSSR count). The molecule has 3 aromatic rings. The Morgan fingerprint density at radius 1 is 1.14 bits per heavy atom. The number of hydrogen-bond donors (Lipinski definition) is 2. The Morgan fingerprint density at radius 3 is 2.69 bits per heavy atom. The molecule has 2 aromatic carbocycles. The van der Waals surface area contributed by atoms with E-state index in [1.165, 1.54) is 0 Å². The van der Waals surface area contributed by atoms with E-state index in [4.69, 9.17) is 16.1 Å². The molecule has 0 atom stereocenters. The highest BCUT2D eigenvalue weighted by Gasteiger charge is 2.23. The van der Waals surface area contributed by atoms with Crippen molar-refractivity contribution in [1.29, 1.82) is 0 Å². The first-order valence-corrected chi connectivity index (χ1v) is 9.74. The maximum atomic E-state index is 12.3. The second-order valence-electron chi connectivity index (χ2n) is 6.90. The molecule has 2 N–H and O–H groups in total. The van der Waals surface area contributed by atoms with Crippen molar-refractivity contribution in [2.45, 2.75) is 31.7 Å². The van der Waals surface area contributed by atoms with Crippen LogP contribution in [0.3, 0.4) is 0 Å². The molecule has 0 unspecified atom stereocenters. The average molecular weight is 411 g/mol. The number of nitrogens with zero attached hydrogens (tertiary/aromatic N) is 2. The molecule has 2 amide bonds. The number of nitrogens with one attached hydrogen (secondary N) is 2. The van der Waals surface area contributed by atoms with Gasteiger partial charge in [-0.15, -0.1) is 0 Å². The largest absolute Gasteiger partial charge is 0.349 e. The number of hydrogen-bond acceptors (Lipinski definition) is 5. The lowest BCUT2D eigenvalue weighted by atomic mass is 10.2. The van der Waals surface area contributed by atoms with E-state index >= 15 is 0 Å². The van der Waals surface area contributed by atoms with Crippen LogP contribution in [0.4, 0.5) is 5.69 Å². The molecule has 1 fully saturated rings. The lowest BCUT2D eigenvalue weighted by Crippen LogP contribution is -2.25. The third-order valence-corrected chi connectivity index (χ3v) is 4.71. The second kappa shape index (κ2) is 8.45. The van der Waals surface area contributed by atoms with Gasteiger partial charge < -0.3 is 15.2 Å². The van der Waals surface area contributed by atoms with Crippen LogP contribution in [0.15, 0.2) is 53.1 Å². The van der Waals surface area contributed by atoms with Crippen LogP contribution in [0.25, 0.3) is 11.4 Å². The molecule has 1 aliphatic rings. The summed E-state index contributed by atoms with van der Waals surface area (Å²) in [5, 5.41) is 10.3. The first kappa shape index (κ1) is 19.1. The number of halogens is 1. The normalized spacial score (nSPS) is 13.1. The van der Waals surface area contributed by atoms with Crippen molar-refractivity contribution in [3.8, 4) is 11.4 Å². The predicted octanol–water partition coefficient (Wildman–Crippen LogP) is 3.85. The zero-order valence-electron chi connectivity index (χ0n) is 15.5. The van der Waals surface area contributed by atoms with Gasteiger partial charge in [-0.25, -0.2) is 0 Å². The molecular formula is C21H19ClN4O3. The number of aryl methyl sites for hydroxylation is 1. The highest BCUT2D eigenvalue weighted by molar-refractivity contribution is 6.30. The minimum absolute atomic E-state index is 0.121. The van der Waals surface area contributed by atoms with Crippen molar-refractivity contribution < 1.29 is 14.1 Å². The molecule has 1 aromatic heterocycles. The van der Waals surface area contributed by atoms with Crippen LogP contribution in [-0.4, -0.2) is 28.0 Å². The number of carbonyl (C=O) groups is 2. The van der Waals surface area contributed by atoms with Crippen molar-refractivity contribution >= 4 is 29.1 Å². The fourth-order valence-electron chi connectivity index (χ4n) is 2.75. The van der Waals surface area contributed by atoms with Gasteiger partial charge in [0, 0.05) is 40.7 Å². The predicted molar refractivity (Wildman–Crippen MR) is 109 cm³/mol. The SMILES string of the molecule is O=C(CCc1nc(-c2ccc(Cl)cc2)no1)Nc1cccc(C(=O)NC2CC2)c1. The average Bonchev–Trinajstić information content (AvgIpc) is 3.41. The molecule has 7 nitrogen and oxygen atoms in total. The number of benzene rings is 2. The van der Waals surface area contributed by atoms with E-state index in [0.29, 0.717) is 34.4 Å². The molecule has 1 saturated carbocycles. The van der Waals surface area contributed by atoms with E-state index in [1.54, 1.807) is 48.5 Å². The van der Waals surface area contributed by atoms with Crippen LogP contribution in [0.5, 0.6) is 0 Å². The standard InChI is InChI=1S/C21H19ClN4O3/c22-15-6-4-13(5-7-15)20-25-19(29-26-20)11-10-18(27)23-17-3-1-2-14(12-17)21(28)24-16-8-9-16/h1-7,12,16H,8-11H2,(H,23,27)(H,24,28). The van der Waals surface area contributed by atoms with Crippen LogP contribution in [-0.2, 0) is 11.2 Å². The van der Waals surface area contributed by atoms with Gasteiger partial charge in [-0.3, -0.25) is 9.59 Å². The number of amides is 2. The lowest BCUT2D eigenvalue weighted by molar-refractivity contribution is -0.116. The number of aromatic nitrogens is 2. The summed E-state index contributed by atoms with van der Waals surface area (Å²) >= 11 is 5.88. The van der Waals surface area contributed by atoms with Crippen LogP contribution >= 0.6 is 11.6 Å². The molecule has 0 radical (unpaired) electrons. The molecule has 0 bridgehead atoms. The molecule has 148 valence electrons. The summed E-state index contributed by atoms with van der Waals surface area (Å²) in [6, 6.07) is 14.3. The minimum atomic E-state index is -0.198. The molecule has 0 saturated heterocycles. The Balaban J connectivity index is 1.31. The van der Waals surface area contributed by atoms with Crippen molar-refractivity contribution in [3.63, 3.8) is 0 Å². The van der Waals surface area contributed by atoms with Gasteiger partial charge in [-0.2, -0.15) is 4.98 Å². The van der Waals surface area contributed by atoms with E-state index in [0.717, 1.165) is 18.4 Å². The van der Waals surface area contributed by atoms with Gasteiger partial charge in [0.1, 0.15) is 0 Å². The number of rotatable bonds is 7. The Morgan fingerprint density at radius 2 is 1.93 bits per heavy atom. The van der Waals surface area contributed by atoms with Crippen molar-refractivity contribution in [2.24, 2.45) is 0 Å². The summed E-state index contributed by atoms with van der Waals surface area (Å²) in [7, 11) is 0. The molecule has 1 heterocycles. The van der Waals surface area contributed by atoms with E-state index < -0.39 is 0 Å². The maximum Gasteiger partial charge on any atom is 0.251 e. The molecule has 1 aliphatic carbocycles. The van der Waals surface area contributed by atoms with E-state index in [-0.39, 0.29) is 24.3 Å². The highest BCUT2D eigenvalue weighted by atomic mass is 35.5. The molecule has 29 heavy (non-hydrogen) atoms. The Hall–Kier alpha value is -3.19. The third kappa shape index (κ3) is 5.20. The Labute approximate surface area is 172 Å². The van der Waals surface area contributed by atoms with Crippen LogP contribution in [0.2, 0.25) is 5.02 Å². The summed E-state index contributed by atoms with van der Waals surface area (Å²) in [5.41, 5.74) is 1.89. The van der Waals surface area contributed by atoms with Gasteiger partial charge in [0.25, 0.3) is 5.91 Å². The minimum Gasteiger partial charge on any atom is -0.349 e. The zero-order chi connectivity index (χ0) is 20.2. The summed E-state index contributed by atoms with van der Waals surface area (Å²) < 4.78 is 5.22. The smallest absolute Gasteiger partial charge is 0.251 e. The highest BCUT2D eigenvalue weighted by Crippen LogP contribution is 2.21.